The van der Waals surface area contributed by atoms with Gasteiger partial charge in [0.25, 0.3) is 0 Å². The summed E-state index contributed by atoms with van der Waals surface area (Å²) in [5.41, 5.74) is 2.83. The monoisotopic (exact) mass is 230 g/mol. The molecular weight excluding hydrogens is 208 g/mol. The Labute approximate surface area is 104 Å². The van der Waals surface area contributed by atoms with E-state index in [1.807, 2.05) is 0 Å². The first-order valence-corrected chi connectivity index (χ1v) is 6.92. The van der Waals surface area contributed by atoms with Crippen LogP contribution in [-0.2, 0) is 6.54 Å². The summed E-state index contributed by atoms with van der Waals surface area (Å²) in [4.78, 5) is 2.54. The standard InChI is InChI=1S/C15H22N2/c1-12-4-3-9-17(12)15-6-2-5-13(10-15)11-16-14-7-8-14/h2,5-6,10,12,14,16H,3-4,7-9,11H2,1H3. The molecule has 1 aromatic rings. The molecule has 1 atom stereocenters. The summed E-state index contributed by atoms with van der Waals surface area (Å²) in [5, 5.41) is 3.58. The van der Waals surface area contributed by atoms with Crippen LogP contribution in [0.15, 0.2) is 24.3 Å². The summed E-state index contributed by atoms with van der Waals surface area (Å²) in [6.07, 6.45) is 5.40. The van der Waals surface area contributed by atoms with Gasteiger partial charge in [-0.1, -0.05) is 12.1 Å². The van der Waals surface area contributed by atoms with E-state index in [1.165, 1.54) is 43.5 Å². The molecule has 1 saturated heterocycles. The lowest BCUT2D eigenvalue weighted by atomic mass is 10.1. The van der Waals surface area contributed by atoms with Crippen LogP contribution in [0.3, 0.4) is 0 Å². The SMILES string of the molecule is CC1CCCN1c1cccc(CNC2CC2)c1. The summed E-state index contributed by atoms with van der Waals surface area (Å²) in [6, 6.07) is 10.6. The van der Waals surface area contributed by atoms with Gasteiger partial charge in [0.15, 0.2) is 0 Å². The summed E-state index contributed by atoms with van der Waals surface area (Å²) >= 11 is 0. The van der Waals surface area contributed by atoms with Gasteiger partial charge in [0.2, 0.25) is 0 Å². The van der Waals surface area contributed by atoms with Crippen molar-refractivity contribution in [2.75, 3.05) is 11.4 Å². The molecule has 0 bridgehead atoms. The Kier molecular flexibility index (Phi) is 3.06. The third-order valence-electron chi connectivity index (χ3n) is 3.97. The van der Waals surface area contributed by atoms with Crippen molar-refractivity contribution in [3.63, 3.8) is 0 Å². The third-order valence-corrected chi connectivity index (χ3v) is 3.97. The minimum Gasteiger partial charge on any atom is -0.369 e. The lowest BCUT2D eigenvalue weighted by Gasteiger charge is -2.24. The highest BCUT2D eigenvalue weighted by atomic mass is 15.2. The summed E-state index contributed by atoms with van der Waals surface area (Å²) in [7, 11) is 0. The van der Waals surface area contributed by atoms with Crippen LogP contribution >= 0.6 is 0 Å². The van der Waals surface area contributed by atoms with Crippen LogP contribution in [0.4, 0.5) is 5.69 Å². The van der Waals surface area contributed by atoms with E-state index in [0.29, 0.717) is 6.04 Å². The quantitative estimate of drug-likeness (QED) is 0.855. The second-order valence-electron chi connectivity index (χ2n) is 5.51. The molecule has 0 radical (unpaired) electrons. The normalized spacial score (nSPS) is 24.3. The smallest absolute Gasteiger partial charge is 0.0371 e. The molecule has 1 aliphatic carbocycles. The van der Waals surface area contributed by atoms with Crippen LogP contribution in [0.1, 0.15) is 38.2 Å². The van der Waals surface area contributed by atoms with Gasteiger partial charge < -0.3 is 10.2 Å². The highest BCUT2D eigenvalue weighted by Gasteiger charge is 2.21. The molecule has 2 nitrogen and oxygen atoms in total. The zero-order valence-corrected chi connectivity index (χ0v) is 10.7. The van der Waals surface area contributed by atoms with E-state index in [1.54, 1.807) is 0 Å². The predicted octanol–water partition coefficient (Wildman–Crippen LogP) is 2.93. The average Bonchev–Trinajstić information content (AvgIpc) is 3.08. The maximum absolute atomic E-state index is 3.58. The van der Waals surface area contributed by atoms with E-state index >= 15 is 0 Å². The van der Waals surface area contributed by atoms with Crippen LogP contribution in [0.5, 0.6) is 0 Å². The first-order chi connectivity index (χ1) is 8.33. The minimum atomic E-state index is 0.710. The van der Waals surface area contributed by atoms with Crippen LogP contribution < -0.4 is 10.2 Å². The Morgan fingerprint density at radius 2 is 2.18 bits per heavy atom. The number of benzene rings is 1. The Bertz CT molecular complexity index is 384. The molecule has 1 unspecified atom stereocenters. The minimum absolute atomic E-state index is 0.710. The number of rotatable bonds is 4. The number of anilines is 1. The zero-order valence-electron chi connectivity index (χ0n) is 10.7. The molecule has 17 heavy (non-hydrogen) atoms. The van der Waals surface area contributed by atoms with Crippen LogP contribution in [0, 0.1) is 0 Å². The van der Waals surface area contributed by atoms with Gasteiger partial charge in [0.1, 0.15) is 0 Å². The number of hydrogen-bond acceptors (Lipinski definition) is 2. The first-order valence-electron chi connectivity index (χ1n) is 6.92. The summed E-state index contributed by atoms with van der Waals surface area (Å²) in [6.45, 7) is 4.59. The molecule has 2 aliphatic rings. The molecule has 2 fully saturated rings. The van der Waals surface area contributed by atoms with Gasteiger partial charge in [-0.2, -0.15) is 0 Å². The lowest BCUT2D eigenvalue weighted by molar-refractivity contribution is 0.686. The van der Waals surface area contributed by atoms with Crippen molar-refractivity contribution in [1.82, 2.24) is 5.32 Å². The highest BCUT2D eigenvalue weighted by Crippen LogP contribution is 2.26. The topological polar surface area (TPSA) is 15.3 Å². The second kappa shape index (κ2) is 4.69. The van der Waals surface area contributed by atoms with Crippen molar-refractivity contribution in [3.05, 3.63) is 29.8 Å². The number of nitrogens with zero attached hydrogens (tertiary/aromatic N) is 1. The molecule has 0 aromatic heterocycles. The number of hydrogen-bond donors (Lipinski definition) is 1. The fraction of sp³-hybridized carbons (Fsp3) is 0.600. The Morgan fingerprint density at radius 1 is 1.29 bits per heavy atom. The molecular formula is C15H22N2. The van der Waals surface area contributed by atoms with Crippen molar-refractivity contribution in [2.24, 2.45) is 0 Å². The zero-order chi connectivity index (χ0) is 11.7. The Balaban J connectivity index is 1.68. The average molecular weight is 230 g/mol. The largest absolute Gasteiger partial charge is 0.369 e. The Hall–Kier alpha value is -1.02. The summed E-state index contributed by atoms with van der Waals surface area (Å²) in [5.74, 6) is 0. The van der Waals surface area contributed by atoms with Gasteiger partial charge in [0.05, 0.1) is 0 Å². The van der Waals surface area contributed by atoms with E-state index in [0.717, 1.165) is 12.6 Å². The molecule has 3 rings (SSSR count). The predicted molar refractivity (Wildman–Crippen MR) is 72.3 cm³/mol. The van der Waals surface area contributed by atoms with Gasteiger partial charge >= 0.3 is 0 Å². The van der Waals surface area contributed by atoms with Gasteiger partial charge in [-0.25, -0.2) is 0 Å². The molecule has 2 heteroatoms. The molecule has 0 spiro atoms. The van der Waals surface area contributed by atoms with Gasteiger partial charge in [0, 0.05) is 30.9 Å². The first kappa shape index (κ1) is 11.1. The molecule has 92 valence electrons. The Morgan fingerprint density at radius 3 is 2.88 bits per heavy atom. The molecule has 1 aromatic carbocycles. The molecule has 1 saturated carbocycles. The maximum atomic E-state index is 3.58. The maximum Gasteiger partial charge on any atom is 0.0371 e. The highest BCUT2D eigenvalue weighted by molar-refractivity contribution is 5.50. The fourth-order valence-corrected chi connectivity index (χ4v) is 2.71. The summed E-state index contributed by atoms with van der Waals surface area (Å²) < 4.78 is 0. The van der Waals surface area contributed by atoms with Crippen molar-refractivity contribution < 1.29 is 0 Å². The molecule has 1 aliphatic heterocycles. The van der Waals surface area contributed by atoms with E-state index in [-0.39, 0.29) is 0 Å². The van der Waals surface area contributed by atoms with E-state index in [4.69, 9.17) is 0 Å². The lowest BCUT2D eigenvalue weighted by Crippen LogP contribution is -2.26. The van der Waals surface area contributed by atoms with Crippen molar-refractivity contribution >= 4 is 5.69 Å². The fourth-order valence-electron chi connectivity index (χ4n) is 2.71. The van der Waals surface area contributed by atoms with E-state index in [2.05, 4.69) is 41.4 Å². The van der Waals surface area contributed by atoms with Gasteiger partial charge in [-0.3, -0.25) is 0 Å². The molecule has 0 amide bonds. The molecule has 1 heterocycles. The number of nitrogens with one attached hydrogen (secondary N) is 1. The van der Waals surface area contributed by atoms with E-state index < -0.39 is 0 Å². The third kappa shape index (κ3) is 2.63. The van der Waals surface area contributed by atoms with Crippen LogP contribution in [0.25, 0.3) is 0 Å². The molecule has 1 N–H and O–H groups in total. The van der Waals surface area contributed by atoms with Gasteiger partial charge in [-0.05, 0) is 50.3 Å². The van der Waals surface area contributed by atoms with Crippen LogP contribution in [-0.4, -0.2) is 18.6 Å². The second-order valence-corrected chi connectivity index (χ2v) is 5.51. The van der Waals surface area contributed by atoms with Crippen molar-refractivity contribution in [1.29, 1.82) is 0 Å². The van der Waals surface area contributed by atoms with E-state index in [9.17, 15) is 0 Å². The van der Waals surface area contributed by atoms with Gasteiger partial charge in [-0.15, -0.1) is 0 Å². The van der Waals surface area contributed by atoms with Crippen molar-refractivity contribution in [3.8, 4) is 0 Å². The van der Waals surface area contributed by atoms with Crippen LogP contribution in [0.2, 0.25) is 0 Å². The van der Waals surface area contributed by atoms with Crippen molar-refractivity contribution in [2.45, 2.75) is 51.2 Å².